The Bertz CT molecular complexity index is 759. The van der Waals surface area contributed by atoms with Crippen LogP contribution in [0.4, 0.5) is 5.69 Å². The van der Waals surface area contributed by atoms with Crippen LogP contribution in [0.25, 0.3) is 6.08 Å². The van der Waals surface area contributed by atoms with E-state index in [0.717, 1.165) is 5.56 Å². The Morgan fingerprint density at radius 1 is 1.17 bits per heavy atom. The van der Waals surface area contributed by atoms with Crippen molar-refractivity contribution < 1.29 is 14.3 Å². The van der Waals surface area contributed by atoms with Crippen LogP contribution < -0.4 is 15.8 Å². The summed E-state index contributed by atoms with van der Waals surface area (Å²) in [6.07, 6.45) is 3.18. The van der Waals surface area contributed by atoms with E-state index in [4.69, 9.17) is 22.1 Å². The maximum Gasteiger partial charge on any atom is 0.248 e. The summed E-state index contributed by atoms with van der Waals surface area (Å²) in [6, 6.07) is 14.1. The predicted molar refractivity (Wildman–Crippen MR) is 94.9 cm³/mol. The standard InChI is InChI=1S/C18H17ClN2O3/c19-14-5-3-4-13(12-14)8-9-18(23)21-15-6-1-2-7-16(15)24-11-10-17(20)22/h1-9,12H,10-11H2,(H2,20,22)(H,21,23)/b9-8-. The molecule has 124 valence electrons. The van der Waals surface area contributed by atoms with Crippen LogP contribution in [0.3, 0.4) is 0 Å². The van der Waals surface area contributed by atoms with Gasteiger partial charge >= 0.3 is 0 Å². The lowest BCUT2D eigenvalue weighted by Crippen LogP contribution is -2.15. The first kappa shape index (κ1) is 17.6. The van der Waals surface area contributed by atoms with Gasteiger partial charge in [-0.05, 0) is 35.9 Å². The number of carbonyl (C=O) groups excluding carboxylic acids is 2. The number of halogens is 1. The molecule has 0 aliphatic heterocycles. The smallest absolute Gasteiger partial charge is 0.248 e. The Balaban J connectivity index is 1.99. The Morgan fingerprint density at radius 2 is 1.96 bits per heavy atom. The van der Waals surface area contributed by atoms with Gasteiger partial charge in [0, 0.05) is 11.1 Å². The molecule has 0 radical (unpaired) electrons. The fourth-order valence-electron chi connectivity index (χ4n) is 1.91. The number of primary amides is 1. The molecule has 2 amide bonds. The molecule has 0 aromatic heterocycles. The quantitative estimate of drug-likeness (QED) is 0.756. The zero-order valence-electron chi connectivity index (χ0n) is 12.9. The van der Waals surface area contributed by atoms with Crippen LogP contribution in [-0.2, 0) is 9.59 Å². The van der Waals surface area contributed by atoms with Crippen molar-refractivity contribution in [3.05, 3.63) is 65.2 Å². The number of nitrogens with two attached hydrogens (primary N) is 1. The van der Waals surface area contributed by atoms with Gasteiger partial charge in [-0.2, -0.15) is 0 Å². The summed E-state index contributed by atoms with van der Waals surface area (Å²) in [5.74, 6) is -0.273. The van der Waals surface area contributed by atoms with Crippen molar-refractivity contribution in [3.63, 3.8) is 0 Å². The van der Waals surface area contributed by atoms with Crippen molar-refractivity contribution in [1.29, 1.82) is 0 Å². The fraction of sp³-hybridized carbons (Fsp3) is 0.111. The van der Waals surface area contributed by atoms with Crippen molar-refractivity contribution in [2.24, 2.45) is 5.73 Å². The molecule has 2 aromatic carbocycles. The lowest BCUT2D eigenvalue weighted by atomic mass is 10.2. The molecule has 24 heavy (non-hydrogen) atoms. The molecule has 0 saturated heterocycles. The Hall–Kier alpha value is -2.79. The molecule has 2 aromatic rings. The third kappa shape index (κ3) is 5.78. The van der Waals surface area contributed by atoms with E-state index < -0.39 is 5.91 Å². The first-order chi connectivity index (χ1) is 11.5. The van der Waals surface area contributed by atoms with E-state index in [1.165, 1.54) is 6.08 Å². The summed E-state index contributed by atoms with van der Waals surface area (Å²) in [5.41, 5.74) is 6.41. The first-order valence-corrected chi connectivity index (χ1v) is 7.67. The maximum absolute atomic E-state index is 12.0. The van der Waals surface area contributed by atoms with Gasteiger partial charge in [-0.15, -0.1) is 0 Å². The molecule has 0 unspecified atom stereocenters. The van der Waals surface area contributed by atoms with E-state index in [0.29, 0.717) is 16.5 Å². The van der Waals surface area contributed by atoms with E-state index in [2.05, 4.69) is 5.32 Å². The molecule has 0 atom stereocenters. The summed E-state index contributed by atoms with van der Waals surface area (Å²) in [5, 5.41) is 3.34. The number of rotatable bonds is 7. The number of carbonyl (C=O) groups is 2. The van der Waals surface area contributed by atoms with Crippen LogP contribution in [0.2, 0.25) is 5.02 Å². The van der Waals surface area contributed by atoms with Crippen molar-refractivity contribution in [2.75, 3.05) is 11.9 Å². The normalized spacial score (nSPS) is 10.5. The second kappa shape index (κ2) is 8.74. The largest absolute Gasteiger partial charge is 0.491 e. The van der Waals surface area contributed by atoms with E-state index in [9.17, 15) is 9.59 Å². The topological polar surface area (TPSA) is 81.4 Å². The first-order valence-electron chi connectivity index (χ1n) is 7.29. The lowest BCUT2D eigenvalue weighted by molar-refractivity contribution is -0.118. The molecule has 0 spiro atoms. The van der Waals surface area contributed by atoms with Crippen molar-refractivity contribution in [2.45, 2.75) is 6.42 Å². The molecule has 0 fully saturated rings. The van der Waals surface area contributed by atoms with Crippen LogP contribution in [0.1, 0.15) is 12.0 Å². The molecular weight excluding hydrogens is 328 g/mol. The Morgan fingerprint density at radius 3 is 2.71 bits per heavy atom. The average Bonchev–Trinajstić information content (AvgIpc) is 2.54. The van der Waals surface area contributed by atoms with Crippen LogP contribution in [-0.4, -0.2) is 18.4 Å². The highest BCUT2D eigenvalue weighted by atomic mass is 35.5. The third-order valence-electron chi connectivity index (χ3n) is 3.03. The molecule has 2 rings (SSSR count). The number of nitrogens with one attached hydrogen (secondary N) is 1. The number of ether oxygens (including phenoxy) is 1. The minimum absolute atomic E-state index is 0.108. The van der Waals surface area contributed by atoms with Crippen LogP contribution in [0.15, 0.2) is 54.6 Å². The van der Waals surface area contributed by atoms with Gasteiger partial charge in [0.05, 0.1) is 18.7 Å². The summed E-state index contributed by atoms with van der Waals surface area (Å²) >= 11 is 5.90. The molecule has 0 aliphatic carbocycles. The zero-order chi connectivity index (χ0) is 17.4. The third-order valence-corrected chi connectivity index (χ3v) is 3.26. The number of anilines is 1. The maximum atomic E-state index is 12.0. The lowest BCUT2D eigenvalue weighted by Gasteiger charge is -2.10. The number of hydrogen-bond acceptors (Lipinski definition) is 3. The summed E-state index contributed by atoms with van der Waals surface area (Å²) in [7, 11) is 0. The molecule has 0 aliphatic rings. The highest BCUT2D eigenvalue weighted by Gasteiger charge is 2.06. The fourth-order valence-corrected chi connectivity index (χ4v) is 2.11. The molecular formula is C18H17ClN2O3. The molecule has 5 nitrogen and oxygen atoms in total. The summed E-state index contributed by atoms with van der Waals surface area (Å²) in [4.78, 5) is 22.8. The minimum Gasteiger partial charge on any atom is -0.491 e. The highest BCUT2D eigenvalue weighted by molar-refractivity contribution is 6.30. The minimum atomic E-state index is -0.444. The average molecular weight is 345 g/mol. The van der Waals surface area contributed by atoms with Crippen molar-refractivity contribution in [1.82, 2.24) is 0 Å². The Labute approximate surface area is 145 Å². The van der Waals surface area contributed by atoms with Crippen molar-refractivity contribution in [3.8, 4) is 5.75 Å². The van der Waals surface area contributed by atoms with E-state index in [-0.39, 0.29) is 18.9 Å². The van der Waals surface area contributed by atoms with E-state index in [1.54, 1.807) is 42.5 Å². The Kier molecular flexibility index (Phi) is 6.40. The number of para-hydroxylation sites is 2. The van der Waals surface area contributed by atoms with Crippen molar-refractivity contribution >= 4 is 35.2 Å². The van der Waals surface area contributed by atoms with E-state index in [1.807, 2.05) is 12.1 Å². The zero-order valence-corrected chi connectivity index (χ0v) is 13.6. The van der Waals surface area contributed by atoms with Crippen LogP contribution >= 0.6 is 11.6 Å². The van der Waals surface area contributed by atoms with Gasteiger partial charge in [0.1, 0.15) is 5.75 Å². The second-order valence-corrected chi connectivity index (χ2v) is 5.37. The number of amides is 2. The van der Waals surface area contributed by atoms with E-state index >= 15 is 0 Å². The predicted octanol–water partition coefficient (Wildman–Crippen LogP) is 3.25. The van der Waals surface area contributed by atoms with Gasteiger partial charge in [0.15, 0.2) is 0 Å². The molecule has 6 heteroatoms. The van der Waals surface area contributed by atoms with Gasteiger partial charge in [-0.1, -0.05) is 35.9 Å². The number of hydrogen-bond donors (Lipinski definition) is 2. The summed E-state index contributed by atoms with van der Waals surface area (Å²) < 4.78 is 5.47. The van der Waals surface area contributed by atoms with Crippen LogP contribution in [0.5, 0.6) is 5.75 Å². The molecule has 3 N–H and O–H groups in total. The van der Waals surface area contributed by atoms with Gasteiger partial charge in [-0.3, -0.25) is 9.59 Å². The monoisotopic (exact) mass is 344 g/mol. The van der Waals surface area contributed by atoms with Gasteiger partial charge < -0.3 is 15.8 Å². The summed E-state index contributed by atoms with van der Waals surface area (Å²) in [6.45, 7) is 0.153. The number of benzene rings is 2. The van der Waals surface area contributed by atoms with Gasteiger partial charge in [0.25, 0.3) is 0 Å². The highest BCUT2D eigenvalue weighted by Crippen LogP contribution is 2.24. The second-order valence-electron chi connectivity index (χ2n) is 4.94. The molecule has 0 heterocycles. The van der Waals surface area contributed by atoms with Crippen LogP contribution in [0, 0.1) is 0 Å². The van der Waals surface area contributed by atoms with Gasteiger partial charge in [-0.25, -0.2) is 0 Å². The molecule has 0 bridgehead atoms. The van der Waals surface area contributed by atoms with Gasteiger partial charge in [0.2, 0.25) is 11.8 Å². The SMILES string of the molecule is NC(=O)CCOc1ccccc1NC(=O)/C=C\c1cccc(Cl)c1. The molecule has 0 saturated carbocycles.